The summed E-state index contributed by atoms with van der Waals surface area (Å²) < 4.78 is 10.9. The van der Waals surface area contributed by atoms with Crippen molar-refractivity contribution in [2.24, 2.45) is 16.8 Å². The van der Waals surface area contributed by atoms with Crippen LogP contribution in [0, 0.1) is 11.8 Å². The summed E-state index contributed by atoms with van der Waals surface area (Å²) in [5.41, 5.74) is 6.34. The van der Waals surface area contributed by atoms with Gasteiger partial charge >= 0.3 is 0 Å². The fourth-order valence-corrected chi connectivity index (χ4v) is 5.22. The summed E-state index contributed by atoms with van der Waals surface area (Å²) in [6.45, 7) is 5.99. The molecule has 1 N–H and O–H groups in total. The van der Waals surface area contributed by atoms with Crippen molar-refractivity contribution >= 4 is 23.0 Å². The number of ether oxygens (including phenoxy) is 2. The van der Waals surface area contributed by atoms with Gasteiger partial charge in [-0.25, -0.2) is 0 Å². The van der Waals surface area contributed by atoms with Crippen molar-refractivity contribution in [3.63, 3.8) is 0 Å². The van der Waals surface area contributed by atoms with E-state index in [1.165, 1.54) is 11.3 Å². The van der Waals surface area contributed by atoms with Crippen LogP contribution in [0.15, 0.2) is 65.7 Å². The third-order valence-electron chi connectivity index (χ3n) is 7.20. The van der Waals surface area contributed by atoms with Gasteiger partial charge in [-0.15, -0.1) is 6.58 Å². The molecule has 0 saturated heterocycles. The predicted octanol–water partition coefficient (Wildman–Crippen LogP) is 5.43. The van der Waals surface area contributed by atoms with Gasteiger partial charge in [-0.1, -0.05) is 17.7 Å². The Morgan fingerprint density at radius 1 is 1.20 bits per heavy atom. The van der Waals surface area contributed by atoms with E-state index in [2.05, 4.69) is 18.0 Å². The maximum Gasteiger partial charge on any atom is 0.253 e. The zero-order valence-corrected chi connectivity index (χ0v) is 20.5. The third-order valence-corrected chi connectivity index (χ3v) is 7.20. The van der Waals surface area contributed by atoms with Crippen LogP contribution in [0.4, 0.5) is 11.4 Å². The molecule has 1 fully saturated rings. The lowest BCUT2D eigenvalue weighted by molar-refractivity contribution is 0.0756. The lowest BCUT2D eigenvalue weighted by Gasteiger charge is -2.24. The Morgan fingerprint density at radius 2 is 2.09 bits per heavy atom. The van der Waals surface area contributed by atoms with Crippen LogP contribution in [0.3, 0.4) is 0 Å². The second-order valence-electron chi connectivity index (χ2n) is 9.42. The normalized spacial score (nSPS) is 21.0. The largest absolute Gasteiger partial charge is 0.497 e. The van der Waals surface area contributed by atoms with Crippen molar-refractivity contribution in [3.8, 4) is 11.5 Å². The van der Waals surface area contributed by atoms with Crippen molar-refractivity contribution in [1.29, 1.82) is 0 Å². The Bertz CT molecular complexity index is 1200. The highest BCUT2D eigenvalue weighted by Gasteiger charge is 2.48. The molecule has 1 saturated carbocycles. The molecule has 2 heterocycles. The molecule has 0 spiro atoms. The molecule has 6 heteroatoms. The van der Waals surface area contributed by atoms with Gasteiger partial charge < -0.3 is 19.7 Å². The van der Waals surface area contributed by atoms with E-state index >= 15 is 0 Å². The lowest BCUT2D eigenvalue weighted by atomic mass is 10.0. The highest BCUT2D eigenvalue weighted by molar-refractivity contribution is 6.09. The number of allylic oxidation sites excluding steroid dienone is 2. The molecule has 2 aliphatic carbocycles. The number of nitrogens with one attached hydrogen (secondary N) is 1. The predicted molar refractivity (Wildman–Crippen MR) is 140 cm³/mol. The molecule has 4 aliphatic rings. The van der Waals surface area contributed by atoms with Crippen LogP contribution in [-0.2, 0) is 6.42 Å². The number of hydrogen-bond acceptors (Lipinski definition) is 5. The summed E-state index contributed by atoms with van der Waals surface area (Å²) >= 11 is 0. The lowest BCUT2D eigenvalue weighted by Crippen LogP contribution is -2.34. The molecular formula is C29H33N3O3. The maximum absolute atomic E-state index is 13.6. The first-order valence-corrected chi connectivity index (χ1v) is 12.4. The number of benzene rings is 2. The average Bonchev–Trinajstić information content (AvgIpc) is 3.31. The van der Waals surface area contributed by atoms with Crippen LogP contribution in [0.1, 0.15) is 35.2 Å². The standard InChI is InChI=1S/C29H33N3O3/c1-4-6-20-17-21(7-10-27(20)35-3)29(33)32-13-5-12-30-26-18-22(34-2)8-9-25(26)31-28-23-15-19(11-14-32)16-24(23)28/h4,7-10,15,17-18,23-24,30H,1,5-6,11-14,16H2,2-3H3. The number of amides is 1. The van der Waals surface area contributed by atoms with Crippen LogP contribution < -0.4 is 14.8 Å². The van der Waals surface area contributed by atoms with Gasteiger partial charge in [0, 0.05) is 48.8 Å². The minimum Gasteiger partial charge on any atom is -0.497 e. The Kier molecular flexibility index (Phi) is 6.62. The van der Waals surface area contributed by atoms with Crippen LogP contribution >= 0.6 is 0 Å². The van der Waals surface area contributed by atoms with Crippen LogP contribution in [0.25, 0.3) is 0 Å². The second-order valence-corrected chi connectivity index (χ2v) is 9.42. The fraction of sp³-hybridized carbons (Fsp3) is 0.379. The smallest absolute Gasteiger partial charge is 0.253 e. The number of hydrogen-bond donors (Lipinski definition) is 1. The third kappa shape index (κ3) is 4.83. The van der Waals surface area contributed by atoms with Gasteiger partial charge in [0.25, 0.3) is 5.91 Å². The van der Waals surface area contributed by atoms with Crippen LogP contribution in [-0.4, -0.2) is 50.4 Å². The Hall–Kier alpha value is -3.54. The fourth-order valence-electron chi connectivity index (χ4n) is 5.22. The molecule has 2 aromatic carbocycles. The van der Waals surface area contributed by atoms with Crippen molar-refractivity contribution in [2.45, 2.75) is 25.7 Å². The van der Waals surface area contributed by atoms with Gasteiger partial charge in [0.05, 0.1) is 25.6 Å². The van der Waals surface area contributed by atoms with E-state index in [-0.39, 0.29) is 5.91 Å². The summed E-state index contributed by atoms with van der Waals surface area (Å²) in [5.74, 6) is 2.64. The zero-order valence-electron chi connectivity index (χ0n) is 20.5. The Balaban J connectivity index is 1.38. The van der Waals surface area contributed by atoms with E-state index in [0.717, 1.165) is 60.8 Å². The molecule has 2 aliphatic heterocycles. The maximum atomic E-state index is 13.6. The number of methoxy groups -OCH3 is 2. The number of nitrogens with zero attached hydrogens (tertiary/aromatic N) is 2. The number of carbonyl (C=O) groups is 1. The summed E-state index contributed by atoms with van der Waals surface area (Å²) in [5, 5.41) is 3.53. The summed E-state index contributed by atoms with van der Waals surface area (Å²) in [6.07, 6.45) is 7.68. The molecule has 1 amide bonds. The molecule has 2 atom stereocenters. The quantitative estimate of drug-likeness (QED) is 0.591. The second kappa shape index (κ2) is 9.98. The van der Waals surface area contributed by atoms with Crippen molar-refractivity contribution < 1.29 is 14.3 Å². The van der Waals surface area contributed by atoms with Gasteiger partial charge in [-0.2, -0.15) is 0 Å². The minimum atomic E-state index is 0.0677. The summed E-state index contributed by atoms with van der Waals surface area (Å²) in [6, 6.07) is 11.7. The van der Waals surface area contributed by atoms with Crippen molar-refractivity contribution in [2.75, 3.05) is 39.2 Å². The van der Waals surface area contributed by atoms with Crippen molar-refractivity contribution in [3.05, 3.63) is 71.8 Å². The van der Waals surface area contributed by atoms with Crippen molar-refractivity contribution in [1.82, 2.24) is 4.90 Å². The SMILES string of the molecule is C=CCc1cc(C(=O)N2CCCNc3cc(OC)ccc3N=C3C4C=C(CC2)CC34)ccc1OC. The van der Waals surface area contributed by atoms with E-state index in [1.807, 2.05) is 47.4 Å². The zero-order chi connectivity index (χ0) is 24.4. The Morgan fingerprint density at radius 3 is 2.83 bits per heavy atom. The van der Waals surface area contributed by atoms with Crippen LogP contribution in [0.5, 0.6) is 11.5 Å². The number of carbonyl (C=O) groups excluding carboxylic acids is 1. The Labute approximate surface area is 207 Å². The van der Waals surface area contributed by atoms with Gasteiger partial charge in [-0.3, -0.25) is 9.79 Å². The van der Waals surface area contributed by atoms with Gasteiger partial charge in [0.15, 0.2) is 0 Å². The molecule has 6 nitrogen and oxygen atoms in total. The first kappa shape index (κ1) is 23.2. The van der Waals surface area contributed by atoms with E-state index in [0.29, 0.717) is 30.4 Å². The van der Waals surface area contributed by atoms with E-state index in [9.17, 15) is 4.79 Å². The van der Waals surface area contributed by atoms with E-state index in [4.69, 9.17) is 14.5 Å². The van der Waals surface area contributed by atoms with E-state index < -0.39 is 0 Å². The first-order valence-electron chi connectivity index (χ1n) is 12.4. The molecule has 2 unspecified atom stereocenters. The number of aliphatic imine (C=N–C) groups is 1. The van der Waals surface area contributed by atoms with Gasteiger partial charge in [0.2, 0.25) is 0 Å². The topological polar surface area (TPSA) is 63.2 Å². The molecule has 4 bridgehead atoms. The van der Waals surface area contributed by atoms with Crippen LogP contribution in [0.2, 0.25) is 0 Å². The van der Waals surface area contributed by atoms with Gasteiger partial charge in [0.1, 0.15) is 11.5 Å². The summed E-state index contributed by atoms with van der Waals surface area (Å²) in [4.78, 5) is 20.6. The highest BCUT2D eigenvalue weighted by Crippen LogP contribution is 2.50. The molecule has 0 radical (unpaired) electrons. The molecule has 2 aromatic rings. The number of anilines is 1. The molecule has 35 heavy (non-hydrogen) atoms. The molecular weight excluding hydrogens is 438 g/mol. The minimum absolute atomic E-state index is 0.0677. The molecule has 6 rings (SSSR count). The number of fused-ring (bicyclic) bond motifs is 6. The van der Waals surface area contributed by atoms with E-state index in [1.54, 1.807) is 14.2 Å². The van der Waals surface area contributed by atoms with Gasteiger partial charge in [-0.05, 0) is 61.6 Å². The highest BCUT2D eigenvalue weighted by atomic mass is 16.5. The molecule has 0 aromatic heterocycles. The number of rotatable bonds is 5. The summed E-state index contributed by atoms with van der Waals surface area (Å²) in [7, 11) is 3.33. The monoisotopic (exact) mass is 471 g/mol. The first-order chi connectivity index (χ1) is 17.1. The average molecular weight is 472 g/mol. The molecule has 182 valence electrons.